The summed E-state index contributed by atoms with van der Waals surface area (Å²) in [5.74, 6) is 1.74. The van der Waals surface area contributed by atoms with E-state index in [0.717, 1.165) is 6.42 Å². The lowest BCUT2D eigenvalue weighted by atomic mass is 9.92. The molecule has 1 aliphatic rings. The Labute approximate surface area is 125 Å². The summed E-state index contributed by atoms with van der Waals surface area (Å²) in [5.41, 5.74) is 0. The third-order valence-electron chi connectivity index (χ3n) is 3.69. The molecule has 1 saturated carbocycles. The first-order valence-corrected chi connectivity index (χ1v) is 7.62. The highest BCUT2D eigenvalue weighted by Gasteiger charge is 2.29. The topological polar surface area (TPSA) is 71.8 Å². The van der Waals surface area contributed by atoms with E-state index in [4.69, 9.17) is 14.6 Å². The monoisotopic (exact) mass is 295 g/mol. The van der Waals surface area contributed by atoms with Gasteiger partial charge in [0.2, 0.25) is 11.8 Å². The minimum atomic E-state index is -0.233. The van der Waals surface area contributed by atoms with Gasteiger partial charge in [-0.15, -0.1) is 0 Å². The maximum atomic E-state index is 9.25. The lowest BCUT2D eigenvalue weighted by molar-refractivity contribution is -0.0130. The smallest absolute Gasteiger partial charge is 0.216 e. The van der Waals surface area contributed by atoms with Crippen molar-refractivity contribution in [1.29, 1.82) is 0 Å². The minimum absolute atomic E-state index is 0.0621. The van der Waals surface area contributed by atoms with Crippen molar-refractivity contribution < 1.29 is 19.7 Å². The standard InChI is InChI=1S/C16H25NO4/c1-11(9-18)6-12(2)10-20-15-4-3-5-16(17-15)21-14-7-13(19)8-14/h3-5,11-14,18-19H,6-10H2,1-2H3. The van der Waals surface area contributed by atoms with Gasteiger partial charge in [-0.1, -0.05) is 19.9 Å². The van der Waals surface area contributed by atoms with Crippen LogP contribution in [-0.2, 0) is 0 Å². The number of aromatic nitrogens is 1. The molecule has 5 nitrogen and oxygen atoms in total. The highest BCUT2D eigenvalue weighted by Crippen LogP contribution is 2.25. The van der Waals surface area contributed by atoms with Crippen molar-refractivity contribution in [2.45, 2.75) is 45.3 Å². The van der Waals surface area contributed by atoms with Crippen LogP contribution in [0.1, 0.15) is 33.1 Å². The average molecular weight is 295 g/mol. The number of hydrogen-bond donors (Lipinski definition) is 2. The SMILES string of the molecule is CC(CO)CC(C)COc1cccc(OC2CC(O)C2)n1. The van der Waals surface area contributed by atoms with E-state index in [1.807, 2.05) is 19.1 Å². The summed E-state index contributed by atoms with van der Waals surface area (Å²) < 4.78 is 11.4. The van der Waals surface area contributed by atoms with Crippen LogP contribution < -0.4 is 9.47 Å². The Bertz CT molecular complexity index is 434. The molecule has 0 aromatic carbocycles. The first-order chi connectivity index (χ1) is 10.1. The number of pyridine rings is 1. The van der Waals surface area contributed by atoms with Crippen LogP contribution in [0.2, 0.25) is 0 Å². The van der Waals surface area contributed by atoms with Crippen LogP contribution in [0.25, 0.3) is 0 Å². The van der Waals surface area contributed by atoms with Gasteiger partial charge in [-0.2, -0.15) is 4.98 Å². The van der Waals surface area contributed by atoms with E-state index >= 15 is 0 Å². The van der Waals surface area contributed by atoms with Crippen molar-refractivity contribution in [3.05, 3.63) is 18.2 Å². The molecule has 0 radical (unpaired) electrons. The molecule has 0 saturated heterocycles. The highest BCUT2D eigenvalue weighted by atomic mass is 16.5. The van der Waals surface area contributed by atoms with E-state index in [-0.39, 0.29) is 24.7 Å². The van der Waals surface area contributed by atoms with Crippen LogP contribution in [0.4, 0.5) is 0 Å². The number of aliphatic hydroxyl groups excluding tert-OH is 2. The molecular formula is C16H25NO4. The van der Waals surface area contributed by atoms with Gasteiger partial charge in [-0.05, 0) is 18.3 Å². The molecule has 1 aromatic rings. The second-order valence-electron chi connectivity index (χ2n) is 6.12. The molecule has 1 aromatic heterocycles. The van der Waals surface area contributed by atoms with Crippen LogP contribution in [0, 0.1) is 11.8 Å². The van der Waals surface area contributed by atoms with Crippen molar-refractivity contribution in [3.8, 4) is 11.8 Å². The van der Waals surface area contributed by atoms with Gasteiger partial charge in [-0.25, -0.2) is 0 Å². The van der Waals surface area contributed by atoms with E-state index in [9.17, 15) is 5.11 Å². The van der Waals surface area contributed by atoms with E-state index in [1.54, 1.807) is 6.07 Å². The fourth-order valence-electron chi connectivity index (χ4n) is 2.40. The molecule has 2 unspecified atom stereocenters. The molecular weight excluding hydrogens is 270 g/mol. The maximum Gasteiger partial charge on any atom is 0.216 e. The number of hydrogen-bond acceptors (Lipinski definition) is 5. The number of aliphatic hydroxyl groups is 2. The third-order valence-corrected chi connectivity index (χ3v) is 3.69. The lowest BCUT2D eigenvalue weighted by Crippen LogP contribution is -2.37. The molecule has 1 fully saturated rings. The molecule has 21 heavy (non-hydrogen) atoms. The van der Waals surface area contributed by atoms with Crippen LogP contribution in [0.5, 0.6) is 11.8 Å². The molecule has 1 aliphatic carbocycles. The van der Waals surface area contributed by atoms with E-state index in [1.165, 1.54) is 0 Å². The highest BCUT2D eigenvalue weighted by molar-refractivity contribution is 5.20. The van der Waals surface area contributed by atoms with Gasteiger partial charge in [0.1, 0.15) is 6.10 Å². The summed E-state index contributed by atoms with van der Waals surface area (Å²) in [5, 5.41) is 18.3. The van der Waals surface area contributed by atoms with E-state index < -0.39 is 0 Å². The van der Waals surface area contributed by atoms with Crippen LogP contribution >= 0.6 is 0 Å². The Balaban J connectivity index is 1.78. The normalized spacial score (nSPS) is 24.0. The molecule has 2 rings (SSSR count). The Morgan fingerprint density at radius 1 is 1.24 bits per heavy atom. The summed E-state index contributed by atoms with van der Waals surface area (Å²) >= 11 is 0. The van der Waals surface area contributed by atoms with Gasteiger partial charge < -0.3 is 19.7 Å². The zero-order valence-electron chi connectivity index (χ0n) is 12.7. The first kappa shape index (κ1) is 16.0. The molecule has 0 bridgehead atoms. The van der Waals surface area contributed by atoms with Gasteiger partial charge in [0, 0.05) is 31.6 Å². The zero-order chi connectivity index (χ0) is 15.2. The largest absolute Gasteiger partial charge is 0.477 e. The second kappa shape index (κ2) is 7.61. The van der Waals surface area contributed by atoms with Gasteiger partial charge in [-0.3, -0.25) is 0 Å². The van der Waals surface area contributed by atoms with Gasteiger partial charge >= 0.3 is 0 Å². The summed E-state index contributed by atoms with van der Waals surface area (Å²) in [4.78, 5) is 4.32. The molecule has 0 spiro atoms. The van der Waals surface area contributed by atoms with Crippen molar-refractivity contribution in [1.82, 2.24) is 4.98 Å². The molecule has 1 heterocycles. The van der Waals surface area contributed by atoms with Crippen LogP contribution in [-0.4, -0.2) is 40.6 Å². The maximum absolute atomic E-state index is 9.25. The summed E-state index contributed by atoms with van der Waals surface area (Å²) in [7, 11) is 0. The Hall–Kier alpha value is -1.33. The molecule has 118 valence electrons. The molecule has 0 aliphatic heterocycles. The van der Waals surface area contributed by atoms with E-state index in [2.05, 4.69) is 11.9 Å². The van der Waals surface area contributed by atoms with Gasteiger partial charge in [0.15, 0.2) is 0 Å². The number of ether oxygens (including phenoxy) is 2. The van der Waals surface area contributed by atoms with Crippen LogP contribution in [0.3, 0.4) is 0 Å². The fourth-order valence-corrected chi connectivity index (χ4v) is 2.40. The molecule has 5 heteroatoms. The Kier molecular flexibility index (Phi) is 5.82. The predicted molar refractivity (Wildman–Crippen MR) is 79.4 cm³/mol. The molecule has 0 amide bonds. The predicted octanol–water partition coefficient (Wildman–Crippen LogP) is 2.02. The second-order valence-corrected chi connectivity index (χ2v) is 6.12. The lowest BCUT2D eigenvalue weighted by Gasteiger charge is -2.31. The minimum Gasteiger partial charge on any atom is -0.477 e. The van der Waals surface area contributed by atoms with Crippen molar-refractivity contribution >= 4 is 0 Å². The summed E-state index contributed by atoms with van der Waals surface area (Å²) in [6, 6.07) is 5.47. The quantitative estimate of drug-likeness (QED) is 0.767. The van der Waals surface area contributed by atoms with Crippen LogP contribution in [0.15, 0.2) is 18.2 Å². The average Bonchev–Trinajstić information content (AvgIpc) is 2.44. The van der Waals surface area contributed by atoms with Crippen molar-refractivity contribution in [2.75, 3.05) is 13.2 Å². The summed E-state index contributed by atoms with van der Waals surface area (Å²) in [6.07, 6.45) is 2.09. The van der Waals surface area contributed by atoms with Crippen molar-refractivity contribution in [3.63, 3.8) is 0 Å². The molecule has 2 atom stereocenters. The summed E-state index contributed by atoms with van der Waals surface area (Å²) in [6.45, 7) is 4.90. The van der Waals surface area contributed by atoms with Gasteiger partial charge in [0.05, 0.1) is 12.7 Å². The first-order valence-electron chi connectivity index (χ1n) is 7.62. The zero-order valence-corrected chi connectivity index (χ0v) is 12.7. The number of nitrogens with zero attached hydrogens (tertiary/aromatic N) is 1. The number of rotatable bonds is 8. The fraction of sp³-hybridized carbons (Fsp3) is 0.688. The van der Waals surface area contributed by atoms with Gasteiger partial charge in [0.25, 0.3) is 0 Å². The third kappa shape index (κ3) is 5.17. The Morgan fingerprint density at radius 3 is 2.62 bits per heavy atom. The van der Waals surface area contributed by atoms with E-state index in [0.29, 0.717) is 37.1 Å². The van der Waals surface area contributed by atoms with Crippen molar-refractivity contribution in [2.24, 2.45) is 11.8 Å². The Morgan fingerprint density at radius 2 is 1.95 bits per heavy atom. The molecule has 2 N–H and O–H groups in total.